The van der Waals surface area contributed by atoms with Gasteiger partial charge in [0, 0.05) is 34.6 Å². The summed E-state index contributed by atoms with van der Waals surface area (Å²) < 4.78 is 1.61. The Balaban J connectivity index is 1.65. The van der Waals surface area contributed by atoms with E-state index in [4.69, 9.17) is 15.7 Å². The van der Waals surface area contributed by atoms with Crippen LogP contribution in [-0.4, -0.2) is 47.9 Å². The summed E-state index contributed by atoms with van der Waals surface area (Å²) in [7, 11) is 0. The molecule has 1 aromatic carbocycles. The zero-order chi connectivity index (χ0) is 23.7. The van der Waals surface area contributed by atoms with Gasteiger partial charge in [-0.15, -0.1) is 0 Å². The summed E-state index contributed by atoms with van der Waals surface area (Å²) >= 11 is 0. The molecule has 11 heteroatoms. The molecule has 0 unspecified atom stereocenters. The summed E-state index contributed by atoms with van der Waals surface area (Å²) in [5.74, 6) is 0.262. The van der Waals surface area contributed by atoms with E-state index in [9.17, 15) is 15.0 Å². The third-order valence-corrected chi connectivity index (χ3v) is 6.25. The Bertz CT molecular complexity index is 1510. The van der Waals surface area contributed by atoms with E-state index in [-0.39, 0.29) is 23.6 Å². The van der Waals surface area contributed by atoms with Crippen molar-refractivity contribution in [2.45, 2.75) is 25.7 Å². The van der Waals surface area contributed by atoms with Gasteiger partial charge in [0.15, 0.2) is 11.1 Å². The number of nitrogens with one attached hydrogen (secondary N) is 3. The molecule has 0 bridgehead atoms. The van der Waals surface area contributed by atoms with Gasteiger partial charge in [-0.3, -0.25) is 9.98 Å². The van der Waals surface area contributed by atoms with Gasteiger partial charge in [0.1, 0.15) is 11.5 Å². The Morgan fingerprint density at radius 3 is 2.79 bits per heavy atom. The number of aromatic hydroxyl groups is 1. The third-order valence-electron chi connectivity index (χ3n) is 6.25. The number of nitrogens with zero attached hydrogens (tertiary/aromatic N) is 4. The topological polar surface area (TPSA) is 170 Å². The highest BCUT2D eigenvalue weighted by molar-refractivity contribution is 5.63. The Kier molecular flexibility index (Phi) is 5.54. The Morgan fingerprint density at radius 1 is 1.26 bits per heavy atom. The van der Waals surface area contributed by atoms with E-state index in [0.717, 1.165) is 31.4 Å². The summed E-state index contributed by atoms with van der Waals surface area (Å²) in [6, 6.07) is 9.11. The Hall–Kier alpha value is -4.12. The average Bonchev–Trinajstić information content (AvgIpc) is 3.52. The number of fused-ring (bicyclic) bond motifs is 1. The number of nitrogens with two attached hydrogens (primary N) is 1. The number of hydrogen-bond acceptors (Lipinski definition) is 8. The standard InChI is InChI=1S/C23H26N8O3/c24-15-4-3-5-16(9-15)27-18-10-19(25-12-23(13-32)6-1-2-7-23)31-20(29-18)14(11-26-31)8-17-21(33)30-22(34)28-17/h3-5,8-11,27,32-33H,1-2,6-7,12-13,24H2,(H2,28,30,34). The van der Waals surface area contributed by atoms with Crippen LogP contribution in [0.1, 0.15) is 31.4 Å². The Labute approximate surface area is 193 Å². The van der Waals surface area contributed by atoms with Crippen molar-refractivity contribution >= 4 is 28.9 Å². The van der Waals surface area contributed by atoms with Crippen molar-refractivity contribution in [1.82, 2.24) is 24.6 Å². The first-order valence-electron chi connectivity index (χ1n) is 11.1. The van der Waals surface area contributed by atoms with Crippen LogP contribution in [0.4, 0.5) is 17.2 Å². The normalized spacial score (nSPS) is 16.5. The van der Waals surface area contributed by atoms with E-state index in [2.05, 4.69) is 20.4 Å². The zero-order valence-corrected chi connectivity index (χ0v) is 18.5. The first-order chi connectivity index (χ1) is 16.4. The molecule has 3 heterocycles. The molecular weight excluding hydrogens is 436 g/mol. The lowest BCUT2D eigenvalue weighted by Gasteiger charge is -2.23. The number of aliphatic hydroxyl groups excluding tert-OH is 1. The molecule has 1 fully saturated rings. The number of imidazole rings is 1. The molecular formula is C23H26N8O3. The maximum atomic E-state index is 11.5. The number of aliphatic hydroxyl groups is 1. The predicted octanol–water partition coefficient (Wildman–Crippen LogP) is 0.778. The number of H-pyrrole nitrogens is 2. The number of benzene rings is 1. The van der Waals surface area contributed by atoms with Crippen molar-refractivity contribution in [3.05, 3.63) is 63.4 Å². The van der Waals surface area contributed by atoms with Crippen molar-refractivity contribution in [1.29, 1.82) is 0 Å². The lowest BCUT2D eigenvalue weighted by Crippen LogP contribution is -2.28. The van der Waals surface area contributed by atoms with Crippen molar-refractivity contribution < 1.29 is 10.2 Å². The van der Waals surface area contributed by atoms with Crippen molar-refractivity contribution in [2.24, 2.45) is 10.4 Å². The molecule has 0 atom stereocenters. The molecule has 0 aliphatic heterocycles. The maximum absolute atomic E-state index is 11.5. The molecule has 1 aliphatic carbocycles. The molecule has 0 spiro atoms. The molecule has 0 saturated heterocycles. The van der Waals surface area contributed by atoms with Crippen LogP contribution in [0.2, 0.25) is 0 Å². The monoisotopic (exact) mass is 462 g/mol. The molecule has 7 N–H and O–H groups in total. The van der Waals surface area contributed by atoms with Crippen LogP contribution < -0.4 is 27.4 Å². The van der Waals surface area contributed by atoms with Crippen molar-refractivity contribution in [3.63, 3.8) is 0 Å². The van der Waals surface area contributed by atoms with Gasteiger partial charge >= 0.3 is 5.69 Å². The molecule has 0 radical (unpaired) electrons. The molecule has 0 amide bonds. The molecule has 3 aromatic heterocycles. The second-order valence-electron chi connectivity index (χ2n) is 8.75. The summed E-state index contributed by atoms with van der Waals surface area (Å²) in [6.45, 7) is 0.572. The van der Waals surface area contributed by atoms with Gasteiger partial charge in [0.2, 0.25) is 5.88 Å². The quantitative estimate of drug-likeness (QED) is 0.230. The fraction of sp³-hybridized carbons (Fsp3) is 0.304. The van der Waals surface area contributed by atoms with Crippen LogP contribution in [0.15, 0.2) is 46.3 Å². The van der Waals surface area contributed by atoms with E-state index in [1.54, 1.807) is 35.0 Å². The largest absolute Gasteiger partial charge is 0.493 e. The SMILES string of the molecule is Nc1cccc(Nc2cc(=NCC3(CO)CCCC3)n3ncc(=Cc4[nH]c(=O)[nH]c4O)c3n2)c1. The van der Waals surface area contributed by atoms with E-state index >= 15 is 0 Å². The number of rotatable bonds is 6. The summed E-state index contributed by atoms with van der Waals surface area (Å²) in [5, 5.41) is 28.2. The van der Waals surface area contributed by atoms with E-state index in [0.29, 0.717) is 34.4 Å². The Morgan fingerprint density at radius 2 is 2.09 bits per heavy atom. The smallest absolute Gasteiger partial charge is 0.326 e. The lowest BCUT2D eigenvalue weighted by atomic mass is 9.87. The fourth-order valence-electron chi connectivity index (χ4n) is 4.39. The van der Waals surface area contributed by atoms with E-state index in [1.165, 1.54) is 0 Å². The van der Waals surface area contributed by atoms with Gasteiger partial charge in [-0.2, -0.15) is 9.61 Å². The molecule has 34 heavy (non-hydrogen) atoms. The molecule has 11 nitrogen and oxygen atoms in total. The van der Waals surface area contributed by atoms with Gasteiger partial charge in [0.25, 0.3) is 0 Å². The van der Waals surface area contributed by atoms with Crippen molar-refractivity contribution in [3.8, 4) is 5.88 Å². The van der Waals surface area contributed by atoms with Crippen LogP contribution in [-0.2, 0) is 0 Å². The summed E-state index contributed by atoms with van der Waals surface area (Å²) in [4.78, 5) is 25.9. The lowest BCUT2D eigenvalue weighted by molar-refractivity contribution is 0.138. The molecule has 5 rings (SSSR count). The molecule has 1 aliphatic rings. The molecule has 1 saturated carbocycles. The highest BCUT2D eigenvalue weighted by atomic mass is 16.3. The van der Waals surface area contributed by atoms with Gasteiger partial charge in [-0.25, -0.2) is 9.78 Å². The van der Waals surface area contributed by atoms with Crippen LogP contribution >= 0.6 is 0 Å². The molecule has 176 valence electrons. The first kappa shape index (κ1) is 21.7. The minimum atomic E-state index is -0.515. The van der Waals surface area contributed by atoms with Gasteiger partial charge < -0.3 is 26.2 Å². The minimum absolute atomic E-state index is 0.0946. The number of aromatic amines is 2. The van der Waals surface area contributed by atoms with Crippen LogP contribution in [0.3, 0.4) is 0 Å². The summed E-state index contributed by atoms with van der Waals surface area (Å²) in [6.07, 6.45) is 7.23. The van der Waals surface area contributed by atoms with E-state index < -0.39 is 5.69 Å². The highest BCUT2D eigenvalue weighted by Crippen LogP contribution is 2.37. The first-order valence-corrected chi connectivity index (χ1v) is 11.1. The number of anilines is 3. The minimum Gasteiger partial charge on any atom is -0.493 e. The number of hydrogen-bond donors (Lipinski definition) is 6. The van der Waals surface area contributed by atoms with Crippen LogP contribution in [0.25, 0.3) is 11.7 Å². The van der Waals surface area contributed by atoms with Crippen molar-refractivity contribution in [2.75, 3.05) is 24.2 Å². The number of nitrogen functional groups attached to an aromatic ring is 1. The van der Waals surface area contributed by atoms with Crippen LogP contribution in [0, 0.1) is 5.41 Å². The fourth-order valence-corrected chi connectivity index (χ4v) is 4.39. The summed E-state index contributed by atoms with van der Waals surface area (Å²) in [5.41, 5.74) is 7.85. The third kappa shape index (κ3) is 4.25. The predicted molar refractivity (Wildman–Crippen MR) is 127 cm³/mol. The van der Waals surface area contributed by atoms with E-state index in [1.807, 2.05) is 12.1 Å². The van der Waals surface area contributed by atoms with Gasteiger partial charge in [0.05, 0.1) is 12.8 Å². The zero-order valence-electron chi connectivity index (χ0n) is 18.5. The van der Waals surface area contributed by atoms with Crippen LogP contribution in [0.5, 0.6) is 5.88 Å². The van der Waals surface area contributed by atoms with Gasteiger partial charge in [-0.05, 0) is 37.1 Å². The maximum Gasteiger partial charge on any atom is 0.326 e. The molecule has 4 aromatic rings. The second-order valence-corrected chi connectivity index (χ2v) is 8.75. The highest BCUT2D eigenvalue weighted by Gasteiger charge is 2.32. The average molecular weight is 463 g/mol. The van der Waals surface area contributed by atoms with Gasteiger partial charge in [-0.1, -0.05) is 18.9 Å². The second kappa shape index (κ2) is 8.67. The number of aromatic nitrogens is 5.